The number of carboxylic acid groups (broad SMARTS) is 1. The van der Waals surface area contributed by atoms with Crippen LogP contribution in [0.4, 0.5) is 11.4 Å². The molecular weight excluding hydrogens is 439 g/mol. The molecule has 3 rings (SSSR count). The number of hydrogen-bond donors (Lipinski definition) is 2. The molecule has 0 aliphatic carbocycles. The Morgan fingerprint density at radius 1 is 1.17 bits per heavy atom. The molecule has 4 nitrogen and oxygen atoms in total. The van der Waals surface area contributed by atoms with Crippen molar-refractivity contribution < 1.29 is 9.90 Å². The summed E-state index contributed by atoms with van der Waals surface area (Å²) in [5.74, 6) is -1.03. The van der Waals surface area contributed by atoms with Gasteiger partial charge in [-0.25, -0.2) is 4.79 Å². The third kappa shape index (κ3) is 3.42. The molecule has 0 saturated heterocycles. The van der Waals surface area contributed by atoms with E-state index in [1.807, 2.05) is 54.2 Å². The fourth-order valence-corrected chi connectivity index (χ4v) is 3.36. The minimum absolute atomic E-state index is 0.133. The normalized spacial score (nSPS) is 10.6. The third-order valence-corrected chi connectivity index (χ3v) is 4.63. The molecule has 0 spiro atoms. The van der Waals surface area contributed by atoms with E-state index in [9.17, 15) is 9.90 Å². The molecule has 2 N–H and O–H groups in total. The molecular formula is C18H14ClIN2O2. The molecule has 0 amide bonds. The van der Waals surface area contributed by atoms with Gasteiger partial charge in [0.25, 0.3) is 0 Å². The van der Waals surface area contributed by atoms with Crippen molar-refractivity contribution in [1.29, 1.82) is 0 Å². The molecule has 3 aromatic rings. The van der Waals surface area contributed by atoms with Crippen LogP contribution in [0.25, 0.3) is 5.69 Å². The summed E-state index contributed by atoms with van der Waals surface area (Å²) in [5, 5.41) is 13.1. The van der Waals surface area contributed by atoms with E-state index in [4.69, 9.17) is 11.6 Å². The number of hydrogen-bond acceptors (Lipinski definition) is 2. The molecule has 6 heteroatoms. The van der Waals surface area contributed by atoms with E-state index in [-0.39, 0.29) is 5.56 Å². The second-order valence-electron chi connectivity index (χ2n) is 5.33. The van der Waals surface area contributed by atoms with E-state index in [2.05, 4.69) is 27.9 Å². The summed E-state index contributed by atoms with van der Waals surface area (Å²) >= 11 is 8.52. The quantitative estimate of drug-likeness (QED) is 0.515. The highest BCUT2D eigenvalue weighted by Crippen LogP contribution is 2.31. The maximum atomic E-state index is 11.6. The van der Waals surface area contributed by atoms with Gasteiger partial charge in [0.1, 0.15) is 0 Å². The molecule has 0 atom stereocenters. The molecule has 0 unspecified atom stereocenters. The Balaban J connectivity index is 2.10. The first kappa shape index (κ1) is 16.9. The molecule has 24 heavy (non-hydrogen) atoms. The zero-order chi connectivity index (χ0) is 17.3. The second-order valence-corrected chi connectivity index (χ2v) is 6.98. The minimum Gasteiger partial charge on any atom is -0.478 e. The lowest BCUT2D eigenvalue weighted by molar-refractivity contribution is 0.0698. The first-order valence-electron chi connectivity index (χ1n) is 7.19. The summed E-state index contributed by atoms with van der Waals surface area (Å²) < 4.78 is 2.97. The summed E-state index contributed by atoms with van der Waals surface area (Å²) in [6.07, 6.45) is 3.73. The largest absolute Gasteiger partial charge is 0.478 e. The summed E-state index contributed by atoms with van der Waals surface area (Å²) in [7, 11) is 0. The Morgan fingerprint density at radius 3 is 2.50 bits per heavy atom. The number of carboxylic acids is 1. The van der Waals surface area contributed by atoms with E-state index in [1.165, 1.54) is 6.07 Å². The van der Waals surface area contributed by atoms with Gasteiger partial charge in [-0.15, -0.1) is 0 Å². The lowest BCUT2D eigenvalue weighted by atomic mass is 10.1. The molecule has 0 bridgehead atoms. The van der Waals surface area contributed by atoms with E-state index in [0.717, 1.165) is 20.5 Å². The predicted octanol–water partition coefficient (Wildman–Crippen LogP) is 5.49. The van der Waals surface area contributed by atoms with Crippen molar-refractivity contribution >= 4 is 51.5 Å². The van der Waals surface area contributed by atoms with Gasteiger partial charge in [0.2, 0.25) is 0 Å². The number of nitrogens with one attached hydrogen (secondary N) is 1. The van der Waals surface area contributed by atoms with Crippen LogP contribution in [0.1, 0.15) is 15.9 Å². The zero-order valence-corrected chi connectivity index (χ0v) is 15.7. The lowest BCUT2D eigenvalue weighted by Crippen LogP contribution is -2.06. The van der Waals surface area contributed by atoms with Crippen molar-refractivity contribution in [2.24, 2.45) is 0 Å². The van der Waals surface area contributed by atoms with Crippen LogP contribution in [0.5, 0.6) is 0 Å². The molecule has 122 valence electrons. The standard InChI is InChI=1S/C18H14ClIN2O2/c1-11-8-12(20)4-5-15(11)21-16-10-17(22-6-2-3-7-22)14(19)9-13(16)18(23)24/h2-10,21H,1H3,(H,23,24). The summed E-state index contributed by atoms with van der Waals surface area (Å²) in [4.78, 5) is 11.6. The van der Waals surface area contributed by atoms with Crippen LogP contribution in [0.2, 0.25) is 5.02 Å². The van der Waals surface area contributed by atoms with Gasteiger partial charge in [-0.05, 0) is 77.5 Å². The Kier molecular flexibility index (Phi) is 4.82. The van der Waals surface area contributed by atoms with E-state index < -0.39 is 5.97 Å². The Hall–Kier alpha value is -1.99. The fourth-order valence-electron chi connectivity index (χ4n) is 2.45. The Morgan fingerprint density at radius 2 is 1.88 bits per heavy atom. The molecule has 0 fully saturated rings. The van der Waals surface area contributed by atoms with Gasteiger partial charge in [0.15, 0.2) is 0 Å². The van der Waals surface area contributed by atoms with Crippen molar-refractivity contribution in [1.82, 2.24) is 4.57 Å². The summed E-state index contributed by atoms with van der Waals surface area (Å²) in [6, 6.07) is 12.9. The number of anilines is 2. The van der Waals surface area contributed by atoms with Crippen LogP contribution >= 0.6 is 34.2 Å². The van der Waals surface area contributed by atoms with Crippen LogP contribution < -0.4 is 5.32 Å². The maximum absolute atomic E-state index is 11.6. The number of halogens is 2. The predicted molar refractivity (Wildman–Crippen MR) is 105 cm³/mol. The fraction of sp³-hybridized carbons (Fsp3) is 0.0556. The smallest absolute Gasteiger partial charge is 0.337 e. The molecule has 2 aromatic carbocycles. The summed E-state index contributed by atoms with van der Waals surface area (Å²) in [6.45, 7) is 1.98. The molecule has 0 aliphatic rings. The zero-order valence-electron chi connectivity index (χ0n) is 12.8. The van der Waals surface area contributed by atoms with E-state index in [1.54, 1.807) is 6.07 Å². The number of aromatic carboxylic acids is 1. The molecule has 0 aliphatic heterocycles. The first-order chi connectivity index (χ1) is 11.5. The number of carbonyl (C=O) groups is 1. The number of rotatable bonds is 4. The van der Waals surface area contributed by atoms with Crippen LogP contribution in [0, 0.1) is 10.5 Å². The third-order valence-electron chi connectivity index (χ3n) is 3.66. The minimum atomic E-state index is -1.03. The highest BCUT2D eigenvalue weighted by molar-refractivity contribution is 14.1. The van der Waals surface area contributed by atoms with Gasteiger partial charge in [-0.2, -0.15) is 0 Å². The molecule has 1 heterocycles. The van der Waals surface area contributed by atoms with Crippen molar-refractivity contribution in [2.75, 3.05) is 5.32 Å². The Bertz CT molecular complexity index is 908. The van der Waals surface area contributed by atoms with Crippen LogP contribution in [0.3, 0.4) is 0 Å². The van der Waals surface area contributed by atoms with Crippen LogP contribution in [0.15, 0.2) is 54.9 Å². The van der Waals surface area contributed by atoms with Gasteiger partial charge in [0, 0.05) is 21.7 Å². The average molecular weight is 453 g/mol. The monoisotopic (exact) mass is 452 g/mol. The van der Waals surface area contributed by atoms with Crippen molar-refractivity contribution in [3.8, 4) is 5.69 Å². The molecule has 0 radical (unpaired) electrons. The average Bonchev–Trinajstić information content (AvgIpc) is 3.05. The van der Waals surface area contributed by atoms with Gasteiger partial charge in [0.05, 0.1) is 22.0 Å². The van der Waals surface area contributed by atoms with Crippen molar-refractivity contribution in [3.05, 3.63) is 74.6 Å². The van der Waals surface area contributed by atoms with Crippen LogP contribution in [-0.4, -0.2) is 15.6 Å². The number of benzene rings is 2. The highest BCUT2D eigenvalue weighted by Gasteiger charge is 2.16. The van der Waals surface area contributed by atoms with Gasteiger partial charge >= 0.3 is 5.97 Å². The van der Waals surface area contributed by atoms with Gasteiger partial charge in [-0.1, -0.05) is 11.6 Å². The van der Waals surface area contributed by atoms with E-state index >= 15 is 0 Å². The number of aryl methyl sites for hydroxylation is 1. The van der Waals surface area contributed by atoms with E-state index in [0.29, 0.717) is 10.7 Å². The lowest BCUT2D eigenvalue weighted by Gasteiger charge is -2.15. The first-order valence-corrected chi connectivity index (χ1v) is 8.65. The van der Waals surface area contributed by atoms with Gasteiger partial charge < -0.3 is 15.0 Å². The van der Waals surface area contributed by atoms with Crippen LogP contribution in [-0.2, 0) is 0 Å². The molecule has 0 saturated carbocycles. The maximum Gasteiger partial charge on any atom is 0.337 e. The van der Waals surface area contributed by atoms with Gasteiger partial charge in [-0.3, -0.25) is 0 Å². The SMILES string of the molecule is Cc1cc(I)ccc1Nc1cc(-n2cccc2)c(Cl)cc1C(=O)O. The Labute approximate surface area is 158 Å². The molecule has 1 aromatic heterocycles. The van der Waals surface area contributed by atoms with Crippen molar-refractivity contribution in [3.63, 3.8) is 0 Å². The number of aromatic nitrogens is 1. The topological polar surface area (TPSA) is 54.3 Å². The second kappa shape index (κ2) is 6.86. The van der Waals surface area contributed by atoms with Crippen molar-refractivity contribution in [2.45, 2.75) is 6.92 Å². The summed E-state index contributed by atoms with van der Waals surface area (Å²) in [5.41, 5.74) is 3.25. The number of nitrogens with zero attached hydrogens (tertiary/aromatic N) is 1. The highest BCUT2D eigenvalue weighted by atomic mass is 127.